The van der Waals surface area contributed by atoms with E-state index >= 15 is 0 Å². The van der Waals surface area contributed by atoms with Crippen molar-refractivity contribution in [3.05, 3.63) is 35.9 Å². The Labute approximate surface area is 116 Å². The van der Waals surface area contributed by atoms with Crippen LogP contribution in [0.3, 0.4) is 0 Å². The molecular weight excluding hydrogens is 262 g/mol. The van der Waals surface area contributed by atoms with Crippen LogP contribution in [0.4, 0.5) is 4.79 Å². The molecule has 20 heavy (non-hydrogen) atoms. The zero-order chi connectivity index (χ0) is 15.1. The number of nitrogens with two attached hydrogens (primary N) is 1. The van der Waals surface area contributed by atoms with Gasteiger partial charge in [-0.25, -0.2) is 4.79 Å². The van der Waals surface area contributed by atoms with Crippen molar-refractivity contribution in [3.8, 4) is 0 Å². The number of aliphatic carboxylic acids is 1. The van der Waals surface area contributed by atoms with Crippen LogP contribution in [0.15, 0.2) is 30.3 Å². The largest absolute Gasteiger partial charge is 0.481 e. The molecule has 108 valence electrons. The standard InChI is InChI=1S/C13H17N3O4/c1-16(8-11(14)17)13(20)15-7-10(12(18)19)9-5-3-2-4-6-9/h2-6,10H,7-8H2,1H3,(H2,14,17)(H,15,20)(H,18,19). The molecule has 0 saturated carbocycles. The molecule has 4 N–H and O–H groups in total. The van der Waals surface area contributed by atoms with E-state index < -0.39 is 23.8 Å². The minimum absolute atomic E-state index is 0.0682. The summed E-state index contributed by atoms with van der Waals surface area (Å²) in [7, 11) is 1.40. The van der Waals surface area contributed by atoms with Gasteiger partial charge in [-0.05, 0) is 5.56 Å². The average molecular weight is 279 g/mol. The minimum atomic E-state index is -1.03. The number of carboxylic acid groups (broad SMARTS) is 1. The quantitative estimate of drug-likeness (QED) is 0.679. The van der Waals surface area contributed by atoms with Gasteiger partial charge in [-0.15, -0.1) is 0 Å². The van der Waals surface area contributed by atoms with Crippen molar-refractivity contribution in [1.29, 1.82) is 0 Å². The average Bonchev–Trinajstić information content (AvgIpc) is 2.38. The zero-order valence-corrected chi connectivity index (χ0v) is 11.1. The molecule has 0 fully saturated rings. The molecule has 0 aliphatic rings. The monoisotopic (exact) mass is 279 g/mol. The molecular formula is C13H17N3O4. The van der Waals surface area contributed by atoms with Crippen molar-refractivity contribution in [2.75, 3.05) is 20.1 Å². The van der Waals surface area contributed by atoms with Crippen molar-refractivity contribution in [2.45, 2.75) is 5.92 Å². The summed E-state index contributed by atoms with van der Waals surface area (Å²) in [6.07, 6.45) is 0. The number of urea groups is 1. The molecule has 1 aromatic carbocycles. The zero-order valence-electron chi connectivity index (χ0n) is 11.1. The fourth-order valence-corrected chi connectivity index (χ4v) is 1.66. The first-order chi connectivity index (χ1) is 9.41. The second-order valence-corrected chi connectivity index (χ2v) is 4.31. The highest BCUT2D eigenvalue weighted by atomic mass is 16.4. The van der Waals surface area contributed by atoms with Crippen LogP contribution in [0.5, 0.6) is 0 Å². The third-order valence-corrected chi connectivity index (χ3v) is 2.70. The molecule has 1 atom stereocenters. The molecule has 0 radical (unpaired) electrons. The molecule has 0 aromatic heterocycles. The molecule has 0 aliphatic heterocycles. The van der Waals surface area contributed by atoms with E-state index in [9.17, 15) is 19.5 Å². The Hall–Kier alpha value is -2.57. The number of amides is 3. The van der Waals surface area contributed by atoms with Crippen molar-refractivity contribution >= 4 is 17.9 Å². The topological polar surface area (TPSA) is 113 Å². The number of carbonyl (C=O) groups is 3. The first-order valence-electron chi connectivity index (χ1n) is 5.97. The maximum atomic E-state index is 11.7. The summed E-state index contributed by atoms with van der Waals surface area (Å²) in [6.45, 7) is -0.295. The number of hydrogen-bond donors (Lipinski definition) is 3. The van der Waals surface area contributed by atoms with Crippen LogP contribution in [0.25, 0.3) is 0 Å². The van der Waals surface area contributed by atoms with Crippen LogP contribution in [0.1, 0.15) is 11.5 Å². The maximum Gasteiger partial charge on any atom is 0.317 e. The van der Waals surface area contributed by atoms with Gasteiger partial charge < -0.3 is 21.1 Å². The molecule has 0 saturated heterocycles. The van der Waals surface area contributed by atoms with Gasteiger partial charge in [-0.3, -0.25) is 9.59 Å². The van der Waals surface area contributed by atoms with E-state index in [0.29, 0.717) is 5.56 Å². The molecule has 7 nitrogen and oxygen atoms in total. The minimum Gasteiger partial charge on any atom is -0.481 e. The first-order valence-corrected chi connectivity index (χ1v) is 5.97. The number of carboxylic acids is 1. The van der Waals surface area contributed by atoms with Crippen LogP contribution in [0, 0.1) is 0 Å². The predicted octanol–water partition coefficient (Wildman–Crippen LogP) is -0.0185. The third-order valence-electron chi connectivity index (χ3n) is 2.70. The summed E-state index contributed by atoms with van der Waals surface area (Å²) in [5.74, 6) is -2.52. The molecule has 1 aromatic rings. The Balaban J connectivity index is 2.63. The van der Waals surface area contributed by atoms with Crippen LogP contribution < -0.4 is 11.1 Å². The molecule has 0 spiro atoms. The molecule has 7 heteroatoms. The highest BCUT2D eigenvalue weighted by Crippen LogP contribution is 2.14. The first kappa shape index (κ1) is 15.5. The maximum absolute atomic E-state index is 11.7. The Bertz CT molecular complexity index is 490. The van der Waals surface area contributed by atoms with Gasteiger partial charge in [0.25, 0.3) is 0 Å². The number of benzene rings is 1. The van der Waals surface area contributed by atoms with Crippen molar-refractivity contribution in [2.24, 2.45) is 5.73 Å². The number of primary amides is 1. The summed E-state index contributed by atoms with van der Waals surface area (Å²) in [5.41, 5.74) is 5.57. The van der Waals surface area contributed by atoms with Gasteiger partial charge in [0.2, 0.25) is 5.91 Å². The lowest BCUT2D eigenvalue weighted by Gasteiger charge is -2.18. The Morgan fingerprint density at radius 2 is 1.90 bits per heavy atom. The van der Waals surface area contributed by atoms with Crippen LogP contribution in [-0.4, -0.2) is 48.1 Å². The van der Waals surface area contributed by atoms with Crippen molar-refractivity contribution in [1.82, 2.24) is 10.2 Å². The molecule has 1 rings (SSSR count). The second kappa shape index (κ2) is 7.13. The van der Waals surface area contributed by atoms with Gasteiger partial charge in [0.1, 0.15) is 6.54 Å². The van der Waals surface area contributed by atoms with E-state index in [0.717, 1.165) is 4.90 Å². The summed E-state index contributed by atoms with van der Waals surface area (Å²) in [5, 5.41) is 11.7. The number of rotatable bonds is 6. The normalized spacial score (nSPS) is 11.4. The Kier molecular flexibility index (Phi) is 5.52. The SMILES string of the molecule is CN(CC(N)=O)C(=O)NCC(C(=O)O)c1ccccc1. The summed E-state index contributed by atoms with van der Waals surface area (Å²) in [6, 6.07) is 8.04. The summed E-state index contributed by atoms with van der Waals surface area (Å²) >= 11 is 0. The lowest BCUT2D eigenvalue weighted by Crippen LogP contribution is -2.43. The van der Waals surface area contributed by atoms with E-state index in [1.54, 1.807) is 30.3 Å². The summed E-state index contributed by atoms with van der Waals surface area (Å²) < 4.78 is 0. The van der Waals surface area contributed by atoms with E-state index in [-0.39, 0.29) is 13.1 Å². The van der Waals surface area contributed by atoms with Crippen molar-refractivity contribution < 1.29 is 19.5 Å². The van der Waals surface area contributed by atoms with Gasteiger partial charge in [0.15, 0.2) is 0 Å². The van der Waals surface area contributed by atoms with Crippen LogP contribution in [-0.2, 0) is 9.59 Å². The van der Waals surface area contributed by atoms with Crippen LogP contribution in [0.2, 0.25) is 0 Å². The van der Waals surface area contributed by atoms with Gasteiger partial charge in [0, 0.05) is 13.6 Å². The molecule has 0 heterocycles. The molecule has 1 unspecified atom stereocenters. The molecule has 0 aliphatic carbocycles. The van der Waals surface area contributed by atoms with Gasteiger partial charge in [0.05, 0.1) is 5.92 Å². The third kappa shape index (κ3) is 4.60. The molecule has 0 bridgehead atoms. The Morgan fingerprint density at radius 3 is 2.40 bits per heavy atom. The molecule has 3 amide bonds. The highest BCUT2D eigenvalue weighted by Gasteiger charge is 2.21. The second-order valence-electron chi connectivity index (χ2n) is 4.31. The number of nitrogens with zero attached hydrogens (tertiary/aromatic N) is 1. The van der Waals surface area contributed by atoms with Crippen LogP contribution >= 0.6 is 0 Å². The van der Waals surface area contributed by atoms with E-state index in [4.69, 9.17) is 5.73 Å². The number of nitrogens with one attached hydrogen (secondary N) is 1. The Morgan fingerprint density at radius 1 is 1.30 bits per heavy atom. The smallest absolute Gasteiger partial charge is 0.317 e. The number of carbonyl (C=O) groups excluding carboxylic acids is 2. The number of hydrogen-bond acceptors (Lipinski definition) is 3. The fraction of sp³-hybridized carbons (Fsp3) is 0.308. The van der Waals surface area contributed by atoms with Crippen molar-refractivity contribution in [3.63, 3.8) is 0 Å². The van der Waals surface area contributed by atoms with Gasteiger partial charge >= 0.3 is 12.0 Å². The number of likely N-dealkylation sites (N-methyl/N-ethyl adjacent to an activating group) is 1. The predicted molar refractivity (Wildman–Crippen MR) is 72.0 cm³/mol. The summed E-state index contributed by atoms with van der Waals surface area (Å²) in [4.78, 5) is 34.7. The van der Waals surface area contributed by atoms with E-state index in [1.165, 1.54) is 7.05 Å². The lowest BCUT2D eigenvalue weighted by atomic mass is 9.99. The highest BCUT2D eigenvalue weighted by molar-refractivity contribution is 5.83. The van der Waals surface area contributed by atoms with Gasteiger partial charge in [-0.1, -0.05) is 30.3 Å². The van der Waals surface area contributed by atoms with E-state index in [2.05, 4.69) is 5.32 Å². The van der Waals surface area contributed by atoms with Gasteiger partial charge in [-0.2, -0.15) is 0 Å². The lowest BCUT2D eigenvalue weighted by molar-refractivity contribution is -0.138. The van der Waals surface area contributed by atoms with E-state index in [1.807, 2.05) is 0 Å². The fourth-order valence-electron chi connectivity index (χ4n) is 1.66.